The number of ether oxygens (including phenoxy) is 1. The number of piperidine rings is 2. The van der Waals surface area contributed by atoms with Crippen molar-refractivity contribution >= 4 is 29.4 Å². The van der Waals surface area contributed by atoms with E-state index in [0.29, 0.717) is 30.3 Å². The molecule has 0 atom stereocenters. The summed E-state index contributed by atoms with van der Waals surface area (Å²) < 4.78 is 5.47. The van der Waals surface area contributed by atoms with Gasteiger partial charge in [0, 0.05) is 49.4 Å². The normalized spacial score (nSPS) is 16.8. The van der Waals surface area contributed by atoms with Crippen LogP contribution in [0.1, 0.15) is 48.0 Å². The second kappa shape index (κ2) is 12.9. The van der Waals surface area contributed by atoms with Crippen LogP contribution in [0.5, 0.6) is 5.88 Å². The fourth-order valence-electron chi connectivity index (χ4n) is 4.82. The van der Waals surface area contributed by atoms with Gasteiger partial charge in [0.15, 0.2) is 5.16 Å². The fourth-order valence-corrected chi connectivity index (χ4v) is 5.83. The summed E-state index contributed by atoms with van der Waals surface area (Å²) in [6.45, 7) is 4.53. The molecule has 5 rings (SSSR count). The maximum atomic E-state index is 12.7. The smallest absolute Gasteiger partial charge is 0.391 e. The molecule has 1 aromatic carbocycles. The minimum Gasteiger partial charge on any atom is -0.391 e. The zero-order chi connectivity index (χ0) is 26.2. The highest BCUT2D eigenvalue weighted by atomic mass is 32.2. The summed E-state index contributed by atoms with van der Waals surface area (Å²) >= 11 is 1.71. The lowest BCUT2D eigenvalue weighted by molar-refractivity contribution is 0.102. The topological polar surface area (TPSA) is 103 Å². The summed E-state index contributed by atoms with van der Waals surface area (Å²) in [4.78, 5) is 41.0. The Balaban J connectivity index is 1.05. The molecule has 2 aromatic heterocycles. The number of carbonyl (C=O) groups is 2. The number of anilines is 1. The van der Waals surface area contributed by atoms with E-state index in [9.17, 15) is 9.59 Å². The number of hydrogen-bond donors (Lipinski definition) is 2. The number of likely N-dealkylation sites (tertiary alicyclic amines) is 2. The number of benzene rings is 1. The van der Waals surface area contributed by atoms with Crippen molar-refractivity contribution in [3.63, 3.8) is 0 Å². The number of H-pyrrole nitrogens is 1. The van der Waals surface area contributed by atoms with Crippen molar-refractivity contribution in [2.45, 2.75) is 43.8 Å². The molecule has 200 valence electrons. The molecule has 3 aromatic rings. The Morgan fingerprint density at radius 2 is 1.79 bits per heavy atom. The Bertz CT molecular complexity index is 1170. The zero-order valence-corrected chi connectivity index (χ0v) is 22.3. The number of amides is 2. The van der Waals surface area contributed by atoms with Gasteiger partial charge in [0.05, 0.1) is 11.9 Å². The highest BCUT2D eigenvalue weighted by Crippen LogP contribution is 2.25. The van der Waals surface area contributed by atoms with Gasteiger partial charge >= 0.3 is 6.09 Å². The molecule has 2 N–H and O–H groups in total. The SMILES string of the molecule is O=C(Nc1ccc(OC(=O)N2CCC(CSc3ncc[nH]3)CC2)nc1)c1ccc(CN2CCCCC2)cc1. The molecule has 4 heterocycles. The number of nitrogens with one attached hydrogen (secondary N) is 2. The third-order valence-corrected chi connectivity index (χ3v) is 8.19. The van der Waals surface area contributed by atoms with Crippen LogP contribution in [0.15, 0.2) is 60.1 Å². The Hall–Kier alpha value is -3.37. The number of aromatic nitrogens is 3. The van der Waals surface area contributed by atoms with Crippen molar-refractivity contribution in [3.05, 3.63) is 66.1 Å². The van der Waals surface area contributed by atoms with Crippen molar-refractivity contribution in [2.24, 2.45) is 5.92 Å². The van der Waals surface area contributed by atoms with Gasteiger partial charge in [-0.15, -0.1) is 0 Å². The van der Waals surface area contributed by atoms with Gasteiger partial charge in [-0.05, 0) is 68.5 Å². The van der Waals surface area contributed by atoms with E-state index in [4.69, 9.17) is 4.74 Å². The predicted octanol–water partition coefficient (Wildman–Crippen LogP) is 5.05. The van der Waals surface area contributed by atoms with Crippen molar-refractivity contribution in [1.82, 2.24) is 24.8 Å². The molecule has 10 heteroatoms. The molecule has 38 heavy (non-hydrogen) atoms. The van der Waals surface area contributed by atoms with Gasteiger partial charge in [-0.2, -0.15) is 0 Å². The number of thioether (sulfide) groups is 1. The molecule has 9 nitrogen and oxygen atoms in total. The van der Waals surface area contributed by atoms with E-state index in [1.54, 1.807) is 35.0 Å². The highest BCUT2D eigenvalue weighted by molar-refractivity contribution is 7.99. The van der Waals surface area contributed by atoms with Gasteiger partial charge in [-0.25, -0.2) is 14.8 Å². The van der Waals surface area contributed by atoms with Crippen molar-refractivity contribution in [1.29, 1.82) is 0 Å². The van der Waals surface area contributed by atoms with Crippen LogP contribution >= 0.6 is 11.8 Å². The number of carbonyl (C=O) groups excluding carboxylic acids is 2. The van der Waals surface area contributed by atoms with Crippen LogP contribution in [0.4, 0.5) is 10.5 Å². The summed E-state index contributed by atoms with van der Waals surface area (Å²) in [6.07, 6.45) is 10.4. The standard InChI is InChI=1S/C28H34N6O3S/c35-26(23-6-4-21(5-7-23)19-33-14-2-1-3-15-33)32-24-8-9-25(31-18-24)37-28(36)34-16-10-22(11-17-34)20-38-27-29-12-13-30-27/h4-9,12-13,18,22H,1-3,10-11,14-17,19-20H2,(H,29,30)(H,32,35). The van der Waals surface area contributed by atoms with Crippen LogP contribution in [0.3, 0.4) is 0 Å². The second-order valence-corrected chi connectivity index (χ2v) is 10.9. The third kappa shape index (κ3) is 7.35. The summed E-state index contributed by atoms with van der Waals surface area (Å²) in [5.41, 5.74) is 2.35. The quantitative estimate of drug-likeness (QED) is 0.390. The molecule has 0 aliphatic carbocycles. The van der Waals surface area contributed by atoms with Crippen molar-refractivity contribution in [3.8, 4) is 5.88 Å². The van der Waals surface area contributed by atoms with Crippen LogP contribution in [0.2, 0.25) is 0 Å². The molecule has 0 radical (unpaired) electrons. The molecular weight excluding hydrogens is 500 g/mol. The monoisotopic (exact) mass is 534 g/mol. The number of rotatable bonds is 8. The zero-order valence-electron chi connectivity index (χ0n) is 21.5. The van der Waals surface area contributed by atoms with E-state index >= 15 is 0 Å². The fraction of sp³-hybridized carbons (Fsp3) is 0.429. The molecule has 2 aliphatic heterocycles. The first kappa shape index (κ1) is 26.2. The van der Waals surface area contributed by atoms with Crippen molar-refractivity contribution in [2.75, 3.05) is 37.2 Å². The third-order valence-electron chi connectivity index (χ3n) is 7.06. The van der Waals surface area contributed by atoms with Crippen LogP contribution < -0.4 is 10.1 Å². The summed E-state index contributed by atoms with van der Waals surface area (Å²) in [6, 6.07) is 11.0. The predicted molar refractivity (Wildman–Crippen MR) is 147 cm³/mol. The van der Waals surface area contributed by atoms with Crippen molar-refractivity contribution < 1.29 is 14.3 Å². The molecular formula is C28H34N6O3S. The van der Waals surface area contributed by atoms with Gasteiger partial charge in [-0.3, -0.25) is 9.69 Å². The lowest BCUT2D eigenvalue weighted by Crippen LogP contribution is -2.40. The minimum absolute atomic E-state index is 0.200. The molecule has 2 saturated heterocycles. The number of aromatic amines is 1. The Labute approximate surface area is 227 Å². The van der Waals surface area contributed by atoms with E-state index in [-0.39, 0.29) is 11.8 Å². The molecule has 0 bridgehead atoms. The van der Waals surface area contributed by atoms with Gasteiger partial charge in [0.1, 0.15) is 0 Å². The van der Waals surface area contributed by atoms with Gasteiger partial charge < -0.3 is 19.9 Å². The molecule has 2 fully saturated rings. The summed E-state index contributed by atoms with van der Waals surface area (Å²) in [5, 5.41) is 3.79. The van der Waals surface area contributed by atoms with E-state index in [2.05, 4.69) is 25.2 Å². The van der Waals surface area contributed by atoms with E-state index in [0.717, 1.165) is 43.4 Å². The lowest BCUT2D eigenvalue weighted by Gasteiger charge is -2.30. The van der Waals surface area contributed by atoms with E-state index in [1.807, 2.05) is 30.5 Å². The largest absolute Gasteiger partial charge is 0.416 e. The van der Waals surface area contributed by atoms with Crippen LogP contribution in [-0.2, 0) is 6.54 Å². The first-order valence-corrected chi connectivity index (χ1v) is 14.3. The van der Waals surface area contributed by atoms with Gasteiger partial charge in [0.25, 0.3) is 5.91 Å². The van der Waals surface area contributed by atoms with E-state index in [1.165, 1.54) is 31.0 Å². The van der Waals surface area contributed by atoms with Gasteiger partial charge in [0.2, 0.25) is 5.88 Å². The minimum atomic E-state index is -0.393. The maximum absolute atomic E-state index is 12.7. The Morgan fingerprint density at radius 1 is 1.00 bits per heavy atom. The maximum Gasteiger partial charge on any atom is 0.416 e. The Morgan fingerprint density at radius 3 is 2.47 bits per heavy atom. The van der Waals surface area contributed by atoms with Gasteiger partial charge in [-0.1, -0.05) is 30.3 Å². The number of imidazole rings is 1. The molecule has 0 spiro atoms. The number of hydrogen-bond acceptors (Lipinski definition) is 7. The van der Waals surface area contributed by atoms with Crippen LogP contribution in [0.25, 0.3) is 0 Å². The average molecular weight is 535 g/mol. The summed E-state index contributed by atoms with van der Waals surface area (Å²) in [5.74, 6) is 1.54. The molecule has 2 amide bonds. The van der Waals surface area contributed by atoms with Crippen LogP contribution in [-0.4, -0.2) is 68.7 Å². The summed E-state index contributed by atoms with van der Waals surface area (Å²) in [7, 11) is 0. The number of pyridine rings is 1. The molecule has 2 aliphatic rings. The Kier molecular flexibility index (Phi) is 8.93. The molecule has 0 saturated carbocycles. The second-order valence-electron chi connectivity index (χ2n) is 9.88. The lowest BCUT2D eigenvalue weighted by atomic mass is 9.99. The van der Waals surface area contributed by atoms with E-state index < -0.39 is 6.09 Å². The first-order valence-electron chi connectivity index (χ1n) is 13.3. The molecule has 0 unspecified atom stereocenters. The average Bonchev–Trinajstić information content (AvgIpc) is 3.48. The van der Waals surface area contributed by atoms with Crippen LogP contribution in [0, 0.1) is 5.92 Å². The highest BCUT2D eigenvalue weighted by Gasteiger charge is 2.24. The first-order chi connectivity index (χ1) is 18.6. The number of nitrogens with zero attached hydrogens (tertiary/aromatic N) is 4.